The number of benzene rings is 1. The molecule has 0 radical (unpaired) electrons. The first-order valence-corrected chi connectivity index (χ1v) is 7.19. The normalized spacial score (nSPS) is 14.6. The van der Waals surface area contributed by atoms with Crippen LogP contribution >= 0.6 is 15.9 Å². The fourth-order valence-corrected chi connectivity index (χ4v) is 2.53. The summed E-state index contributed by atoms with van der Waals surface area (Å²) in [5.41, 5.74) is 7.86. The third-order valence-corrected chi connectivity index (χ3v) is 3.80. The smallest absolute Gasteiger partial charge is 0.130 e. The van der Waals surface area contributed by atoms with Crippen molar-refractivity contribution in [3.63, 3.8) is 0 Å². The molecule has 1 heterocycles. The van der Waals surface area contributed by atoms with Gasteiger partial charge in [-0.25, -0.2) is 4.98 Å². The topological polar surface area (TPSA) is 53.1 Å². The van der Waals surface area contributed by atoms with Crippen molar-refractivity contribution < 1.29 is 4.74 Å². The van der Waals surface area contributed by atoms with Crippen LogP contribution in [0.1, 0.15) is 30.1 Å². The Bertz CT molecular complexity index is 578. The van der Waals surface area contributed by atoms with Gasteiger partial charge in [0.25, 0.3) is 0 Å². The van der Waals surface area contributed by atoms with Crippen LogP contribution < -0.4 is 10.5 Å². The minimum atomic E-state index is 0.469. The van der Waals surface area contributed by atoms with Gasteiger partial charge in [0.1, 0.15) is 12.4 Å². The Morgan fingerprint density at radius 2 is 2.26 bits per heavy atom. The van der Waals surface area contributed by atoms with Crippen LogP contribution in [0.2, 0.25) is 0 Å². The number of hydrogen-bond acceptors (Lipinski definition) is 3. The number of rotatable bonds is 5. The highest BCUT2D eigenvalue weighted by molar-refractivity contribution is 9.10. The molecule has 1 aromatic heterocycles. The zero-order valence-electron chi connectivity index (χ0n) is 10.6. The van der Waals surface area contributed by atoms with E-state index >= 15 is 0 Å². The Balaban J connectivity index is 1.73. The number of aromatic nitrogens is 2. The van der Waals surface area contributed by atoms with Gasteiger partial charge < -0.3 is 15.0 Å². The lowest BCUT2D eigenvalue weighted by molar-refractivity contribution is 0.292. The van der Waals surface area contributed by atoms with Crippen molar-refractivity contribution in [3.05, 3.63) is 46.5 Å². The summed E-state index contributed by atoms with van der Waals surface area (Å²) >= 11 is 3.44. The van der Waals surface area contributed by atoms with E-state index in [0.29, 0.717) is 19.2 Å². The number of ether oxygens (including phenoxy) is 1. The molecule has 0 bridgehead atoms. The quantitative estimate of drug-likeness (QED) is 0.921. The van der Waals surface area contributed by atoms with Crippen LogP contribution in [0.25, 0.3) is 0 Å². The SMILES string of the molecule is NCc1cc(Br)ccc1OCc1cncn1C1CC1. The lowest BCUT2D eigenvalue weighted by Crippen LogP contribution is -2.06. The van der Waals surface area contributed by atoms with Crippen LogP contribution in [0.15, 0.2) is 35.2 Å². The molecule has 19 heavy (non-hydrogen) atoms. The number of nitrogens with two attached hydrogens (primary N) is 1. The summed E-state index contributed by atoms with van der Waals surface area (Å²) in [6.45, 7) is 1.00. The predicted octanol–water partition coefficient (Wildman–Crippen LogP) is 3.02. The van der Waals surface area contributed by atoms with Crippen molar-refractivity contribution in [2.45, 2.75) is 32.0 Å². The monoisotopic (exact) mass is 321 g/mol. The molecule has 3 rings (SSSR count). The highest BCUT2D eigenvalue weighted by Gasteiger charge is 2.25. The van der Waals surface area contributed by atoms with Crippen molar-refractivity contribution in [2.24, 2.45) is 5.73 Å². The number of hydrogen-bond donors (Lipinski definition) is 1. The molecule has 0 saturated heterocycles. The van der Waals surface area contributed by atoms with E-state index in [-0.39, 0.29) is 0 Å². The lowest BCUT2D eigenvalue weighted by Gasteiger charge is -2.12. The van der Waals surface area contributed by atoms with Gasteiger partial charge in [0.2, 0.25) is 0 Å². The molecule has 0 aliphatic heterocycles. The minimum absolute atomic E-state index is 0.469. The highest BCUT2D eigenvalue weighted by atomic mass is 79.9. The van der Waals surface area contributed by atoms with E-state index in [9.17, 15) is 0 Å². The van der Waals surface area contributed by atoms with Gasteiger partial charge in [0, 0.05) is 22.6 Å². The van der Waals surface area contributed by atoms with Gasteiger partial charge in [0.05, 0.1) is 18.2 Å². The fourth-order valence-electron chi connectivity index (χ4n) is 2.13. The van der Waals surface area contributed by atoms with Crippen LogP contribution in [-0.4, -0.2) is 9.55 Å². The average molecular weight is 322 g/mol. The molecule has 5 heteroatoms. The summed E-state index contributed by atoms with van der Waals surface area (Å²) in [5.74, 6) is 0.842. The Morgan fingerprint density at radius 1 is 1.42 bits per heavy atom. The zero-order chi connectivity index (χ0) is 13.2. The summed E-state index contributed by atoms with van der Waals surface area (Å²) in [6, 6.07) is 6.53. The molecule has 0 unspecified atom stereocenters. The standard InChI is InChI=1S/C14H16BrN3O/c15-11-1-4-14(10(5-11)6-16)19-8-13-7-17-9-18(13)12-2-3-12/h1,4-5,7,9,12H,2-3,6,8,16H2. The predicted molar refractivity (Wildman–Crippen MR) is 76.9 cm³/mol. The van der Waals surface area contributed by atoms with Crippen LogP contribution in [-0.2, 0) is 13.2 Å². The number of halogens is 1. The van der Waals surface area contributed by atoms with Crippen LogP contribution in [0.4, 0.5) is 0 Å². The molecule has 2 aromatic rings. The molecule has 0 atom stereocenters. The second-order valence-corrected chi connectivity index (χ2v) is 5.68. The Kier molecular flexibility index (Phi) is 3.57. The van der Waals surface area contributed by atoms with Crippen LogP contribution in [0, 0.1) is 0 Å². The number of imidazole rings is 1. The van der Waals surface area contributed by atoms with E-state index in [0.717, 1.165) is 21.5 Å². The first-order valence-electron chi connectivity index (χ1n) is 6.40. The van der Waals surface area contributed by atoms with Gasteiger partial charge in [0.15, 0.2) is 0 Å². The molecular formula is C14H16BrN3O. The van der Waals surface area contributed by atoms with Gasteiger partial charge >= 0.3 is 0 Å². The first-order chi connectivity index (χ1) is 9.28. The summed E-state index contributed by atoms with van der Waals surface area (Å²) < 4.78 is 9.11. The van der Waals surface area contributed by atoms with E-state index in [4.69, 9.17) is 10.5 Å². The van der Waals surface area contributed by atoms with Gasteiger partial charge in [-0.2, -0.15) is 0 Å². The maximum Gasteiger partial charge on any atom is 0.130 e. The summed E-state index contributed by atoms with van der Waals surface area (Å²) in [4.78, 5) is 4.20. The van der Waals surface area contributed by atoms with Crippen molar-refractivity contribution in [2.75, 3.05) is 0 Å². The summed E-state index contributed by atoms with van der Waals surface area (Å²) in [5, 5.41) is 0. The molecule has 1 aliphatic rings. The van der Waals surface area contributed by atoms with E-state index in [1.54, 1.807) is 0 Å². The van der Waals surface area contributed by atoms with E-state index in [2.05, 4.69) is 25.5 Å². The largest absolute Gasteiger partial charge is 0.487 e. The molecule has 1 fully saturated rings. The van der Waals surface area contributed by atoms with Gasteiger partial charge in [-0.05, 0) is 31.0 Å². The van der Waals surface area contributed by atoms with Crippen LogP contribution in [0.5, 0.6) is 5.75 Å². The second kappa shape index (κ2) is 5.35. The molecule has 1 saturated carbocycles. The van der Waals surface area contributed by atoms with E-state index in [1.165, 1.54) is 12.8 Å². The summed E-state index contributed by atoms with van der Waals surface area (Å²) in [7, 11) is 0. The maximum absolute atomic E-state index is 5.88. The first kappa shape index (κ1) is 12.7. The van der Waals surface area contributed by atoms with Gasteiger partial charge in [-0.15, -0.1) is 0 Å². The molecule has 0 spiro atoms. The van der Waals surface area contributed by atoms with Crippen molar-refractivity contribution in [1.29, 1.82) is 0 Å². The fraction of sp³-hybridized carbons (Fsp3) is 0.357. The van der Waals surface area contributed by atoms with Crippen LogP contribution in [0.3, 0.4) is 0 Å². The third kappa shape index (κ3) is 2.82. The molecule has 1 aliphatic carbocycles. The summed E-state index contributed by atoms with van der Waals surface area (Å²) in [6.07, 6.45) is 6.26. The molecule has 1 aromatic carbocycles. The van der Waals surface area contributed by atoms with E-state index in [1.807, 2.05) is 30.7 Å². The lowest BCUT2D eigenvalue weighted by atomic mass is 10.2. The Morgan fingerprint density at radius 3 is 3.00 bits per heavy atom. The maximum atomic E-state index is 5.88. The van der Waals surface area contributed by atoms with E-state index < -0.39 is 0 Å². The van der Waals surface area contributed by atoms with Crippen molar-refractivity contribution in [1.82, 2.24) is 9.55 Å². The van der Waals surface area contributed by atoms with Crippen molar-refractivity contribution in [3.8, 4) is 5.75 Å². The average Bonchev–Trinajstić information content (AvgIpc) is 3.16. The molecule has 4 nitrogen and oxygen atoms in total. The van der Waals surface area contributed by atoms with Crippen molar-refractivity contribution >= 4 is 15.9 Å². The highest BCUT2D eigenvalue weighted by Crippen LogP contribution is 2.35. The number of nitrogens with zero attached hydrogens (tertiary/aromatic N) is 2. The second-order valence-electron chi connectivity index (χ2n) is 4.77. The van der Waals surface area contributed by atoms with Gasteiger partial charge in [-0.1, -0.05) is 15.9 Å². The molecule has 100 valence electrons. The Labute approximate surface area is 120 Å². The zero-order valence-corrected chi connectivity index (χ0v) is 12.1. The van der Waals surface area contributed by atoms with Gasteiger partial charge in [-0.3, -0.25) is 0 Å². The third-order valence-electron chi connectivity index (χ3n) is 3.30. The minimum Gasteiger partial charge on any atom is -0.487 e. The molecular weight excluding hydrogens is 306 g/mol. The molecule has 2 N–H and O–H groups in total. The molecule has 0 amide bonds. The Hall–Kier alpha value is -1.33.